The van der Waals surface area contributed by atoms with Gasteiger partial charge in [-0.25, -0.2) is 29.2 Å². The van der Waals surface area contributed by atoms with Gasteiger partial charge in [0.1, 0.15) is 18.3 Å². The average molecular weight is 1220 g/mol. The number of carbonyl (C=O) groups is 8. The zero-order chi connectivity index (χ0) is 63.0. The van der Waals surface area contributed by atoms with Crippen LogP contribution in [-0.4, -0.2) is 255 Å². The molecule has 0 aromatic carbocycles. The van der Waals surface area contributed by atoms with E-state index in [4.69, 9.17) is 60.8 Å². The molecule has 1 saturated heterocycles. The summed E-state index contributed by atoms with van der Waals surface area (Å²) in [5.41, 5.74) is 22.1. The van der Waals surface area contributed by atoms with E-state index in [0.717, 1.165) is 25.5 Å². The van der Waals surface area contributed by atoms with Gasteiger partial charge in [-0.3, -0.25) is 19.2 Å². The lowest BCUT2D eigenvalue weighted by atomic mass is 9.87. The fraction of sp³-hybridized carbons (Fsp3) is 0.725. The van der Waals surface area contributed by atoms with Crippen molar-refractivity contribution in [3.05, 3.63) is 23.7 Å². The molecule has 3 rings (SSSR count). The maximum Gasteiger partial charge on any atom is 0.407 e. The number of unbranched alkanes of at least 4 members (excludes halogenated alkanes) is 2. The van der Waals surface area contributed by atoms with E-state index in [2.05, 4.69) is 36.6 Å². The van der Waals surface area contributed by atoms with Crippen molar-refractivity contribution in [1.29, 1.82) is 0 Å². The Morgan fingerprint density at radius 2 is 1.02 bits per heavy atom. The predicted octanol–water partition coefficient (Wildman–Crippen LogP) is -5.22. The number of likely N-dealkylation sites (tertiary alicyclic amines) is 1. The molecule has 3 heterocycles. The van der Waals surface area contributed by atoms with Gasteiger partial charge in [-0.2, -0.15) is 0 Å². The zero-order valence-corrected chi connectivity index (χ0v) is 48.0. The molecule has 12 atom stereocenters. The first kappa shape index (κ1) is 71.9. The van der Waals surface area contributed by atoms with Gasteiger partial charge in [0.05, 0.1) is 95.8 Å². The first-order chi connectivity index (χ1) is 40.5. The average Bonchev–Trinajstić information content (AvgIpc) is 4.00. The maximum atomic E-state index is 13.7. The highest BCUT2D eigenvalue weighted by atomic mass is 16.6. The molecule has 0 aromatic heterocycles. The molecule has 0 unspecified atom stereocenters. The van der Waals surface area contributed by atoms with Crippen molar-refractivity contribution in [2.45, 2.75) is 114 Å². The van der Waals surface area contributed by atoms with Crippen molar-refractivity contribution in [2.75, 3.05) is 105 Å². The van der Waals surface area contributed by atoms with E-state index in [1.807, 2.05) is 6.92 Å². The third-order valence-corrected chi connectivity index (χ3v) is 13.2. The van der Waals surface area contributed by atoms with E-state index >= 15 is 0 Å². The molecule has 0 bridgehead atoms. The maximum absolute atomic E-state index is 13.7. The van der Waals surface area contributed by atoms with Crippen molar-refractivity contribution >= 4 is 59.7 Å². The minimum Gasteiger partial charge on any atom is -0.479 e. The Morgan fingerprint density at radius 1 is 0.624 bits per heavy atom. The summed E-state index contributed by atoms with van der Waals surface area (Å²) in [5.74, 6) is -9.96. The van der Waals surface area contributed by atoms with E-state index in [9.17, 15) is 69.0 Å². The largest absolute Gasteiger partial charge is 0.479 e. The highest BCUT2D eigenvalue weighted by molar-refractivity contribution is 5.90. The Hall–Kier alpha value is -7.34. The fourth-order valence-electron chi connectivity index (χ4n) is 9.00. The molecule has 0 spiro atoms. The molecule has 0 aromatic rings. The number of hydrogen-bond donors (Lipinski definition) is 15. The molecule has 19 N–H and O–H groups in total. The summed E-state index contributed by atoms with van der Waals surface area (Å²) < 4.78 is 43.8. The number of aliphatic hydroxyl groups is 4. The molecule has 3 aliphatic rings. The van der Waals surface area contributed by atoms with Gasteiger partial charge in [0.25, 0.3) is 0 Å². The number of nitrogens with zero attached hydrogens (tertiary/aromatic N) is 3. The van der Waals surface area contributed by atoms with Crippen LogP contribution in [0.4, 0.5) is 9.59 Å². The van der Waals surface area contributed by atoms with Gasteiger partial charge >= 0.3 is 24.1 Å². The van der Waals surface area contributed by atoms with Gasteiger partial charge in [0.2, 0.25) is 35.1 Å². The van der Waals surface area contributed by atoms with Gasteiger partial charge in [0.15, 0.2) is 30.2 Å². The summed E-state index contributed by atoms with van der Waals surface area (Å²) in [4.78, 5) is 112. The highest BCUT2D eigenvalue weighted by Gasteiger charge is 2.48. The first-order valence-electron chi connectivity index (χ1n) is 27.8. The number of amides is 6. The molecular weight excluding hydrogens is 1130 g/mol. The summed E-state index contributed by atoms with van der Waals surface area (Å²) in [6.07, 6.45) is -7.91. The standard InChI is InChI=1S/C51H86N12O22/c1-4-14-78-16-18-80-20-21-81-19-17-79-15-9-38(69)63-24-30(44(70)56-10-5-7-12-58-50(76)84-41(34(67)26-64)40-28(2)32(61-48(52)53)22-36(82-40)46(72)73)31(25-63)45(71)57-11-6-8-13-59-51(77)85-42(35(68)27-65)43-39(60-29(3)66)33(62-49(54)55)23-37(83-43)47(74)75/h22-23,28,30-35,39-43,64-65,67-68H,4-21,24-27H2,1-3H3,(H,56,70)(H,57,71)(H,58,76)(H,59,77)(H,60,66)(H,72,73)(H,74,75)(H4,52,53,61)(H4,54,55,62)/t28-,30-,31-,32+,33+,34-,35-,39-,40-,41-,42-,43-/m1/s1. The first-order valence-corrected chi connectivity index (χ1v) is 27.8. The van der Waals surface area contributed by atoms with Crippen LogP contribution in [0, 0.1) is 17.8 Å². The smallest absolute Gasteiger partial charge is 0.407 e. The molecule has 34 nitrogen and oxygen atoms in total. The lowest BCUT2D eigenvalue weighted by molar-refractivity contribution is -0.147. The molecule has 482 valence electrons. The quantitative estimate of drug-likeness (QED) is 0.0155. The molecule has 6 amide bonds. The van der Waals surface area contributed by atoms with Crippen molar-refractivity contribution < 1.29 is 107 Å². The minimum atomic E-state index is -1.85. The number of nitrogens with one attached hydrogen (secondary N) is 5. The Balaban J connectivity index is 1.57. The summed E-state index contributed by atoms with van der Waals surface area (Å²) >= 11 is 0. The van der Waals surface area contributed by atoms with Gasteiger partial charge in [-0.1, -0.05) is 13.8 Å². The van der Waals surface area contributed by atoms with E-state index in [-0.39, 0.29) is 96.6 Å². The predicted molar refractivity (Wildman–Crippen MR) is 296 cm³/mol. The highest BCUT2D eigenvalue weighted by Crippen LogP contribution is 2.31. The third-order valence-electron chi connectivity index (χ3n) is 13.2. The Morgan fingerprint density at radius 3 is 1.45 bits per heavy atom. The van der Waals surface area contributed by atoms with E-state index in [0.29, 0.717) is 39.5 Å². The van der Waals surface area contributed by atoms with Gasteiger partial charge in [0, 0.05) is 58.7 Å². The molecule has 3 aliphatic heterocycles. The minimum absolute atomic E-state index is 0.00177. The van der Waals surface area contributed by atoms with Crippen LogP contribution in [0.5, 0.6) is 0 Å². The summed E-state index contributed by atoms with van der Waals surface area (Å²) in [6, 6.07) is -3.51. The number of carboxylic acid groups (broad SMARTS) is 2. The second-order valence-electron chi connectivity index (χ2n) is 19.8. The van der Waals surface area contributed by atoms with Crippen LogP contribution >= 0.6 is 0 Å². The third kappa shape index (κ3) is 25.4. The van der Waals surface area contributed by atoms with Crippen molar-refractivity contribution in [2.24, 2.45) is 50.7 Å². The topological polar surface area (TPSA) is 524 Å². The molecule has 85 heavy (non-hydrogen) atoms. The van der Waals surface area contributed by atoms with Crippen LogP contribution in [0.1, 0.15) is 59.3 Å². The van der Waals surface area contributed by atoms with E-state index in [1.165, 1.54) is 4.90 Å². The van der Waals surface area contributed by atoms with Crippen LogP contribution in [0.3, 0.4) is 0 Å². The monoisotopic (exact) mass is 1220 g/mol. The van der Waals surface area contributed by atoms with Crippen LogP contribution in [-0.2, 0) is 66.7 Å². The second-order valence-corrected chi connectivity index (χ2v) is 19.8. The molecular formula is C51H86N12O22. The Kier molecular flexibility index (Phi) is 32.6. The number of aliphatic hydroxyl groups excluding tert-OH is 4. The van der Waals surface area contributed by atoms with Gasteiger partial charge in [-0.15, -0.1) is 0 Å². The number of alkyl carbamates (subject to hydrolysis) is 2. The second kappa shape index (κ2) is 38.6. The fourth-order valence-corrected chi connectivity index (χ4v) is 9.00. The number of aliphatic carboxylic acids is 2. The molecule has 0 aliphatic carbocycles. The van der Waals surface area contributed by atoms with Crippen LogP contribution in [0.2, 0.25) is 0 Å². The normalized spacial score (nSPS) is 22.2. The zero-order valence-electron chi connectivity index (χ0n) is 48.0. The van der Waals surface area contributed by atoms with Gasteiger partial charge in [-0.05, 0) is 44.3 Å². The van der Waals surface area contributed by atoms with Gasteiger partial charge < -0.3 is 123 Å². The van der Waals surface area contributed by atoms with Crippen LogP contribution in [0.15, 0.2) is 33.7 Å². The number of carbonyl (C=O) groups excluding carboxylic acids is 6. The summed E-state index contributed by atoms with van der Waals surface area (Å²) in [6.45, 7) is 5.53. The SMILES string of the molecule is CCCOCCOCCOCCOCCC(=O)N1C[C@@H](C(=O)NCCCCNC(=O)O[C@@H]([C@@H]2OC(C(=O)O)=C[C@H](N=C(N)N)[C@H]2C)[C@H](O)CO)[C@H](C(=O)NCCCCNC(=O)O[C@@H]([C@@H]2OC(C(=O)O)=C[C@H](N=C(N)N)[C@H]2NC(C)=O)[C@H](O)CO)C1. The Labute approximate surface area is 490 Å². The van der Waals surface area contributed by atoms with Crippen LogP contribution in [0.25, 0.3) is 0 Å². The summed E-state index contributed by atoms with van der Waals surface area (Å²) in [7, 11) is 0. The molecule has 1 fully saturated rings. The lowest BCUT2D eigenvalue weighted by Crippen LogP contribution is -2.61. The number of hydrogen-bond acceptors (Lipinski definition) is 22. The summed E-state index contributed by atoms with van der Waals surface area (Å²) in [5, 5.41) is 73.3. The number of nitrogens with two attached hydrogens (primary N) is 4. The molecule has 0 saturated carbocycles. The van der Waals surface area contributed by atoms with Crippen molar-refractivity contribution in [3.63, 3.8) is 0 Å². The van der Waals surface area contributed by atoms with Crippen molar-refractivity contribution in [3.8, 4) is 0 Å². The van der Waals surface area contributed by atoms with Crippen molar-refractivity contribution in [1.82, 2.24) is 31.5 Å². The molecule has 0 radical (unpaired) electrons. The lowest BCUT2D eigenvalue weighted by Gasteiger charge is -2.39. The number of ether oxygens (including phenoxy) is 8. The van der Waals surface area contributed by atoms with Crippen LogP contribution < -0.4 is 49.5 Å². The van der Waals surface area contributed by atoms with E-state index in [1.54, 1.807) is 6.92 Å². The number of carboxylic acids is 2. The number of guanidine groups is 2. The number of aliphatic imine (C=N–C) groups is 2. The molecule has 34 heteroatoms. The number of rotatable bonds is 39. The Bertz CT molecular complexity index is 2290. The van der Waals surface area contributed by atoms with E-state index < -0.39 is 145 Å².